The maximum Gasteiger partial charge on any atom is 0.303 e. The van der Waals surface area contributed by atoms with E-state index in [0.29, 0.717) is 5.76 Å². The molecule has 0 amide bonds. The molecule has 2 aliphatic rings. The Morgan fingerprint density at radius 2 is 2.10 bits per heavy atom. The van der Waals surface area contributed by atoms with E-state index in [1.54, 1.807) is 19.6 Å². The third kappa shape index (κ3) is 2.85. The first-order valence-electron chi connectivity index (χ1n) is 7.33. The summed E-state index contributed by atoms with van der Waals surface area (Å²) in [7, 11) is 1.62. The second-order valence-corrected chi connectivity index (χ2v) is 6.76. The van der Waals surface area contributed by atoms with Gasteiger partial charge < -0.3 is 14.6 Å². The highest BCUT2D eigenvalue weighted by Crippen LogP contribution is 2.53. The van der Waals surface area contributed by atoms with E-state index in [0.717, 1.165) is 17.6 Å². The Balaban J connectivity index is 2.58. The van der Waals surface area contributed by atoms with Gasteiger partial charge in [0.1, 0.15) is 6.26 Å². The molecule has 4 nitrogen and oxygen atoms in total. The lowest BCUT2D eigenvalue weighted by Gasteiger charge is -2.32. The van der Waals surface area contributed by atoms with Crippen LogP contribution in [0.2, 0.25) is 0 Å². The van der Waals surface area contributed by atoms with Crippen molar-refractivity contribution in [2.45, 2.75) is 40.5 Å². The second-order valence-electron chi connectivity index (χ2n) is 6.76. The van der Waals surface area contributed by atoms with Crippen molar-refractivity contribution in [2.75, 3.05) is 7.11 Å². The first-order valence-corrected chi connectivity index (χ1v) is 7.33. The highest BCUT2D eigenvalue weighted by Gasteiger charge is 2.43. The van der Waals surface area contributed by atoms with Crippen LogP contribution in [0.1, 0.15) is 40.5 Å². The number of ether oxygens (including phenoxy) is 2. The number of fused-ring (bicyclic) bond motifs is 1. The van der Waals surface area contributed by atoms with Gasteiger partial charge in [-0.3, -0.25) is 4.79 Å². The third-order valence-electron chi connectivity index (χ3n) is 4.37. The zero-order valence-corrected chi connectivity index (χ0v) is 13.4. The topological polar surface area (TPSA) is 55.8 Å². The zero-order chi connectivity index (χ0) is 15.8. The van der Waals surface area contributed by atoms with Crippen LogP contribution in [0.25, 0.3) is 0 Å². The molecule has 1 aliphatic heterocycles. The van der Waals surface area contributed by atoms with Crippen molar-refractivity contribution in [3.8, 4) is 0 Å². The van der Waals surface area contributed by atoms with Crippen LogP contribution in [0.15, 0.2) is 35.0 Å². The predicted octanol–water partition coefficient (Wildman–Crippen LogP) is 3.86. The fourth-order valence-electron chi connectivity index (χ4n) is 3.50. The van der Waals surface area contributed by atoms with Crippen LogP contribution in [0, 0.1) is 17.3 Å². The second kappa shape index (κ2) is 5.58. The van der Waals surface area contributed by atoms with E-state index in [4.69, 9.17) is 9.47 Å². The first kappa shape index (κ1) is 15.7. The van der Waals surface area contributed by atoms with E-state index in [1.807, 2.05) is 0 Å². The van der Waals surface area contributed by atoms with E-state index in [-0.39, 0.29) is 23.7 Å². The van der Waals surface area contributed by atoms with E-state index in [9.17, 15) is 9.90 Å². The number of carboxylic acids is 1. The Morgan fingerprint density at radius 1 is 1.43 bits per heavy atom. The summed E-state index contributed by atoms with van der Waals surface area (Å²) < 4.78 is 10.8. The normalized spacial score (nSPS) is 21.4. The molecule has 2 rings (SSSR count). The molecule has 1 atom stereocenters. The Labute approximate surface area is 126 Å². The molecule has 116 valence electrons. The Bertz CT molecular complexity index is 535. The Kier molecular flexibility index (Phi) is 4.17. The van der Waals surface area contributed by atoms with Crippen molar-refractivity contribution in [1.82, 2.24) is 0 Å². The molecule has 1 N–H and O–H groups in total. The van der Waals surface area contributed by atoms with E-state index in [2.05, 4.69) is 27.7 Å². The summed E-state index contributed by atoms with van der Waals surface area (Å²) in [4.78, 5) is 11.3. The lowest BCUT2D eigenvalue weighted by molar-refractivity contribution is -0.138. The number of carbonyl (C=O) groups is 1. The molecule has 0 saturated heterocycles. The fraction of sp³-hybridized carbons (Fsp3) is 0.588. The minimum Gasteiger partial charge on any atom is -0.493 e. The van der Waals surface area contributed by atoms with Crippen molar-refractivity contribution >= 4 is 5.97 Å². The average Bonchev–Trinajstić information content (AvgIpc) is 2.65. The summed E-state index contributed by atoms with van der Waals surface area (Å²) in [5, 5.41) is 9.27. The largest absolute Gasteiger partial charge is 0.493 e. The molecule has 0 fully saturated rings. The molecule has 1 unspecified atom stereocenters. The Morgan fingerprint density at radius 3 is 2.62 bits per heavy atom. The highest BCUT2D eigenvalue weighted by atomic mass is 16.5. The van der Waals surface area contributed by atoms with Crippen molar-refractivity contribution in [1.29, 1.82) is 0 Å². The minimum absolute atomic E-state index is 0.00458. The van der Waals surface area contributed by atoms with Crippen molar-refractivity contribution in [2.24, 2.45) is 17.3 Å². The number of aliphatic carboxylic acids is 1. The van der Waals surface area contributed by atoms with Gasteiger partial charge in [-0.25, -0.2) is 0 Å². The molecule has 1 aliphatic carbocycles. The molecule has 0 aromatic rings. The molecule has 4 heteroatoms. The number of carboxylic acid groups (broad SMARTS) is 1. The lowest BCUT2D eigenvalue weighted by atomic mass is 9.72. The van der Waals surface area contributed by atoms with Gasteiger partial charge >= 0.3 is 5.97 Å². The van der Waals surface area contributed by atoms with E-state index < -0.39 is 5.97 Å². The van der Waals surface area contributed by atoms with Crippen LogP contribution in [-0.2, 0) is 14.3 Å². The fourth-order valence-corrected chi connectivity index (χ4v) is 3.50. The highest BCUT2D eigenvalue weighted by molar-refractivity contribution is 5.68. The SMILES string of the molecule is COC1=COC=C2CC(C)(C)C(C(CC(=O)O)C(C)C)=C21. The standard InChI is InChI=1S/C17H24O4/c1-10(2)12(6-14(18)19)16-15-11(7-17(16,3)4)8-21-9-13(15)20-5/h8-10,12H,6-7H2,1-5H3,(H,18,19). The predicted molar refractivity (Wildman–Crippen MR) is 80.3 cm³/mol. The van der Waals surface area contributed by atoms with Gasteiger partial charge in [-0.1, -0.05) is 27.7 Å². The van der Waals surface area contributed by atoms with Gasteiger partial charge in [0.2, 0.25) is 0 Å². The van der Waals surface area contributed by atoms with Crippen molar-refractivity contribution < 1.29 is 19.4 Å². The summed E-state index contributed by atoms with van der Waals surface area (Å²) in [6, 6.07) is 0. The van der Waals surface area contributed by atoms with E-state index >= 15 is 0 Å². The van der Waals surface area contributed by atoms with Gasteiger partial charge in [0.05, 0.1) is 19.8 Å². The Hall–Kier alpha value is -1.71. The monoisotopic (exact) mass is 292 g/mol. The molecule has 0 aromatic carbocycles. The summed E-state index contributed by atoms with van der Waals surface area (Å²) >= 11 is 0. The van der Waals surface area contributed by atoms with Gasteiger partial charge in [-0.2, -0.15) is 0 Å². The summed E-state index contributed by atoms with van der Waals surface area (Å²) in [5.41, 5.74) is 3.25. The minimum atomic E-state index is -0.759. The zero-order valence-electron chi connectivity index (χ0n) is 13.4. The third-order valence-corrected chi connectivity index (χ3v) is 4.37. The van der Waals surface area contributed by atoms with Crippen LogP contribution in [0.4, 0.5) is 0 Å². The molecule has 0 radical (unpaired) electrons. The first-order chi connectivity index (χ1) is 9.77. The molecule has 0 saturated carbocycles. The van der Waals surface area contributed by atoms with Crippen molar-refractivity contribution in [3.05, 3.63) is 35.0 Å². The van der Waals surface area contributed by atoms with Gasteiger partial charge in [-0.05, 0) is 34.8 Å². The molecule has 1 heterocycles. The smallest absolute Gasteiger partial charge is 0.303 e. The molecule has 0 aromatic heterocycles. The number of rotatable bonds is 5. The van der Waals surface area contributed by atoms with Gasteiger partial charge in [0, 0.05) is 5.57 Å². The van der Waals surface area contributed by atoms with Crippen LogP contribution in [0.3, 0.4) is 0 Å². The molecule has 0 bridgehead atoms. The summed E-state index contributed by atoms with van der Waals surface area (Å²) in [6.07, 6.45) is 4.34. The van der Waals surface area contributed by atoms with Crippen LogP contribution in [-0.4, -0.2) is 18.2 Å². The van der Waals surface area contributed by atoms with E-state index in [1.165, 1.54) is 5.57 Å². The quantitative estimate of drug-likeness (QED) is 0.836. The van der Waals surface area contributed by atoms with Crippen LogP contribution < -0.4 is 0 Å². The number of hydrogen-bond acceptors (Lipinski definition) is 3. The maximum atomic E-state index is 11.3. The number of allylic oxidation sites excluding steroid dienone is 2. The van der Waals surface area contributed by atoms with Crippen LogP contribution in [0.5, 0.6) is 0 Å². The van der Waals surface area contributed by atoms with Gasteiger partial charge in [0.15, 0.2) is 5.76 Å². The van der Waals surface area contributed by atoms with Gasteiger partial charge in [0.25, 0.3) is 0 Å². The van der Waals surface area contributed by atoms with Crippen LogP contribution >= 0.6 is 0 Å². The summed E-state index contributed by atoms with van der Waals surface area (Å²) in [5.74, 6) is 0.187. The lowest BCUT2D eigenvalue weighted by Crippen LogP contribution is -2.25. The molecular formula is C17H24O4. The average molecular weight is 292 g/mol. The maximum absolute atomic E-state index is 11.3. The van der Waals surface area contributed by atoms with Crippen molar-refractivity contribution in [3.63, 3.8) is 0 Å². The molecule has 21 heavy (non-hydrogen) atoms. The summed E-state index contributed by atoms with van der Waals surface area (Å²) in [6.45, 7) is 8.49. The number of hydrogen-bond donors (Lipinski definition) is 1. The van der Waals surface area contributed by atoms with Gasteiger partial charge in [-0.15, -0.1) is 0 Å². The number of methoxy groups -OCH3 is 1. The molecular weight excluding hydrogens is 268 g/mol. The molecule has 0 spiro atoms.